The van der Waals surface area contributed by atoms with Gasteiger partial charge in [0.2, 0.25) is 0 Å². The minimum absolute atomic E-state index is 0.251. The zero-order valence-corrected chi connectivity index (χ0v) is 13.9. The summed E-state index contributed by atoms with van der Waals surface area (Å²) < 4.78 is 5.23. The van der Waals surface area contributed by atoms with E-state index >= 15 is 0 Å². The molecule has 2 rings (SSSR count). The van der Waals surface area contributed by atoms with Gasteiger partial charge in [0.25, 0.3) is 0 Å². The summed E-state index contributed by atoms with van der Waals surface area (Å²) in [4.78, 5) is 12.3. The molecule has 118 valence electrons. The first-order chi connectivity index (χ1) is 10.6. The third-order valence-electron chi connectivity index (χ3n) is 4.25. The van der Waals surface area contributed by atoms with Gasteiger partial charge in [0.1, 0.15) is 5.75 Å². The summed E-state index contributed by atoms with van der Waals surface area (Å²) in [6.45, 7) is 4.49. The second-order valence-electron chi connectivity index (χ2n) is 6.14. The van der Waals surface area contributed by atoms with E-state index in [-0.39, 0.29) is 5.78 Å². The zero-order chi connectivity index (χ0) is 15.9. The first kappa shape index (κ1) is 16.5. The summed E-state index contributed by atoms with van der Waals surface area (Å²) in [5, 5.41) is 2.19. The van der Waals surface area contributed by atoms with Gasteiger partial charge in [-0.05, 0) is 41.3 Å². The summed E-state index contributed by atoms with van der Waals surface area (Å²) >= 11 is 0. The lowest BCUT2D eigenvalue weighted by atomic mass is 9.96. The average Bonchev–Trinajstić information content (AvgIpc) is 2.54. The van der Waals surface area contributed by atoms with Crippen molar-refractivity contribution in [1.82, 2.24) is 0 Å². The SMILES string of the molecule is CCC[C@H](C)CCCC(=O)c1ccc2cc(OC)ccc2c1. The fraction of sp³-hybridized carbons (Fsp3) is 0.450. The van der Waals surface area contributed by atoms with E-state index in [0.717, 1.165) is 40.8 Å². The van der Waals surface area contributed by atoms with Gasteiger partial charge in [-0.2, -0.15) is 0 Å². The Labute approximate surface area is 133 Å². The molecular weight excluding hydrogens is 272 g/mol. The lowest BCUT2D eigenvalue weighted by Crippen LogP contribution is -2.01. The predicted octanol–water partition coefficient (Wildman–Crippen LogP) is 5.64. The Balaban J connectivity index is 1.99. The van der Waals surface area contributed by atoms with Crippen molar-refractivity contribution in [1.29, 1.82) is 0 Å². The van der Waals surface area contributed by atoms with Crippen molar-refractivity contribution in [2.24, 2.45) is 5.92 Å². The smallest absolute Gasteiger partial charge is 0.162 e. The molecule has 0 heterocycles. The summed E-state index contributed by atoms with van der Waals surface area (Å²) in [7, 11) is 1.67. The van der Waals surface area contributed by atoms with Gasteiger partial charge in [-0.25, -0.2) is 0 Å². The van der Waals surface area contributed by atoms with Crippen LogP contribution in [0.1, 0.15) is 56.3 Å². The van der Waals surface area contributed by atoms with E-state index in [1.807, 2.05) is 36.4 Å². The molecule has 1 atom stereocenters. The largest absolute Gasteiger partial charge is 0.497 e. The summed E-state index contributed by atoms with van der Waals surface area (Å²) in [5.74, 6) is 1.82. The Morgan fingerprint density at radius 3 is 2.55 bits per heavy atom. The molecular formula is C20H26O2. The van der Waals surface area contributed by atoms with Gasteiger partial charge >= 0.3 is 0 Å². The fourth-order valence-electron chi connectivity index (χ4n) is 2.92. The minimum atomic E-state index is 0.251. The van der Waals surface area contributed by atoms with Crippen molar-refractivity contribution in [3.63, 3.8) is 0 Å². The van der Waals surface area contributed by atoms with Crippen LogP contribution in [0.4, 0.5) is 0 Å². The van der Waals surface area contributed by atoms with E-state index in [2.05, 4.69) is 13.8 Å². The topological polar surface area (TPSA) is 26.3 Å². The molecule has 0 saturated heterocycles. The van der Waals surface area contributed by atoms with E-state index in [9.17, 15) is 4.79 Å². The van der Waals surface area contributed by atoms with Crippen LogP contribution in [0.5, 0.6) is 5.75 Å². The maximum atomic E-state index is 12.3. The standard InChI is InChI=1S/C20H26O2/c1-4-6-15(2)7-5-8-20(21)18-10-9-17-14-19(22-3)12-11-16(17)13-18/h9-15H,4-8H2,1-3H3/t15-/m0/s1. The number of Topliss-reactive ketones (excluding diaryl/α,β-unsaturated/α-hetero) is 1. The maximum Gasteiger partial charge on any atom is 0.162 e. The van der Waals surface area contributed by atoms with Gasteiger partial charge in [-0.1, -0.05) is 51.3 Å². The Morgan fingerprint density at radius 2 is 1.82 bits per heavy atom. The van der Waals surface area contributed by atoms with Crippen molar-refractivity contribution >= 4 is 16.6 Å². The van der Waals surface area contributed by atoms with Crippen LogP contribution in [0.15, 0.2) is 36.4 Å². The molecule has 2 aromatic carbocycles. The molecule has 0 saturated carbocycles. The number of ketones is 1. The molecule has 22 heavy (non-hydrogen) atoms. The Hall–Kier alpha value is -1.83. The van der Waals surface area contributed by atoms with Crippen LogP contribution in [0, 0.1) is 5.92 Å². The number of fused-ring (bicyclic) bond motifs is 1. The molecule has 0 bridgehead atoms. The van der Waals surface area contributed by atoms with Crippen LogP contribution in [0.3, 0.4) is 0 Å². The van der Waals surface area contributed by atoms with E-state index < -0.39 is 0 Å². The summed E-state index contributed by atoms with van der Waals surface area (Å²) in [6, 6.07) is 11.9. The highest BCUT2D eigenvalue weighted by molar-refractivity contribution is 6.00. The molecule has 2 heteroatoms. The molecule has 0 unspecified atom stereocenters. The van der Waals surface area contributed by atoms with E-state index in [4.69, 9.17) is 4.74 Å². The first-order valence-corrected chi connectivity index (χ1v) is 8.25. The molecule has 0 N–H and O–H groups in total. The molecule has 0 amide bonds. The van der Waals surface area contributed by atoms with Crippen LogP contribution >= 0.6 is 0 Å². The normalized spacial score (nSPS) is 12.3. The average molecular weight is 298 g/mol. The maximum absolute atomic E-state index is 12.3. The number of rotatable bonds is 8. The number of hydrogen-bond donors (Lipinski definition) is 0. The molecule has 0 radical (unpaired) electrons. The zero-order valence-electron chi connectivity index (χ0n) is 13.9. The number of carbonyl (C=O) groups is 1. The van der Waals surface area contributed by atoms with Gasteiger partial charge in [-0.3, -0.25) is 4.79 Å². The Bertz CT molecular complexity index is 631. The molecule has 2 nitrogen and oxygen atoms in total. The summed E-state index contributed by atoms with van der Waals surface area (Å²) in [6.07, 6.45) is 5.26. The molecule has 0 spiro atoms. The quantitative estimate of drug-likeness (QED) is 0.590. The highest BCUT2D eigenvalue weighted by atomic mass is 16.5. The Morgan fingerprint density at radius 1 is 1.09 bits per heavy atom. The molecule has 2 aromatic rings. The molecule has 0 aliphatic carbocycles. The predicted molar refractivity (Wildman–Crippen MR) is 92.8 cm³/mol. The van der Waals surface area contributed by atoms with Crippen molar-refractivity contribution in [3.05, 3.63) is 42.0 Å². The number of carbonyl (C=O) groups excluding carboxylic acids is 1. The minimum Gasteiger partial charge on any atom is -0.497 e. The molecule has 0 aliphatic heterocycles. The van der Waals surface area contributed by atoms with Crippen LogP contribution in [0.25, 0.3) is 10.8 Å². The van der Waals surface area contributed by atoms with Gasteiger partial charge < -0.3 is 4.74 Å². The van der Waals surface area contributed by atoms with E-state index in [1.54, 1.807) is 7.11 Å². The highest BCUT2D eigenvalue weighted by Crippen LogP contribution is 2.23. The van der Waals surface area contributed by atoms with E-state index in [0.29, 0.717) is 6.42 Å². The van der Waals surface area contributed by atoms with Crippen LogP contribution in [-0.2, 0) is 0 Å². The molecule has 0 aromatic heterocycles. The lowest BCUT2D eigenvalue weighted by molar-refractivity contribution is 0.0978. The van der Waals surface area contributed by atoms with Crippen molar-refractivity contribution in [3.8, 4) is 5.75 Å². The van der Waals surface area contributed by atoms with Crippen LogP contribution in [0.2, 0.25) is 0 Å². The highest BCUT2D eigenvalue weighted by Gasteiger charge is 2.08. The third-order valence-corrected chi connectivity index (χ3v) is 4.25. The first-order valence-electron chi connectivity index (χ1n) is 8.25. The number of benzene rings is 2. The third kappa shape index (κ3) is 4.33. The monoisotopic (exact) mass is 298 g/mol. The van der Waals surface area contributed by atoms with Crippen molar-refractivity contribution in [2.45, 2.75) is 46.0 Å². The number of methoxy groups -OCH3 is 1. The van der Waals surface area contributed by atoms with E-state index in [1.165, 1.54) is 12.8 Å². The van der Waals surface area contributed by atoms with Crippen LogP contribution < -0.4 is 4.74 Å². The van der Waals surface area contributed by atoms with Gasteiger partial charge in [-0.15, -0.1) is 0 Å². The number of hydrogen-bond acceptors (Lipinski definition) is 2. The molecule has 0 aliphatic rings. The van der Waals surface area contributed by atoms with Gasteiger partial charge in [0, 0.05) is 12.0 Å². The van der Waals surface area contributed by atoms with Crippen molar-refractivity contribution < 1.29 is 9.53 Å². The van der Waals surface area contributed by atoms with Crippen molar-refractivity contribution in [2.75, 3.05) is 7.11 Å². The van der Waals surface area contributed by atoms with Crippen LogP contribution in [-0.4, -0.2) is 12.9 Å². The van der Waals surface area contributed by atoms with Gasteiger partial charge in [0.05, 0.1) is 7.11 Å². The summed E-state index contributed by atoms with van der Waals surface area (Å²) in [5.41, 5.74) is 0.820. The van der Waals surface area contributed by atoms with Gasteiger partial charge in [0.15, 0.2) is 5.78 Å². The second kappa shape index (κ2) is 7.98. The lowest BCUT2D eigenvalue weighted by Gasteiger charge is -2.09. The Kier molecular flexibility index (Phi) is 6.00. The fourth-order valence-corrected chi connectivity index (χ4v) is 2.92. The number of ether oxygens (including phenoxy) is 1. The second-order valence-corrected chi connectivity index (χ2v) is 6.14. The molecule has 0 fully saturated rings.